The number of pyridine rings is 1. The van der Waals surface area contributed by atoms with Crippen molar-refractivity contribution in [3.05, 3.63) is 29.0 Å². The van der Waals surface area contributed by atoms with Gasteiger partial charge in [-0.15, -0.1) is 0 Å². The molecule has 0 atom stereocenters. The number of thiocarbonyl (C=S) groups is 1. The summed E-state index contributed by atoms with van der Waals surface area (Å²) in [7, 11) is 0. The van der Waals surface area contributed by atoms with Gasteiger partial charge in [0.1, 0.15) is 5.15 Å². The molecule has 0 aliphatic heterocycles. The SMILES string of the molecule is CC(C)(C)NC(=S)NNC(=O)c1ccc(Cl)nc1. The Balaban J connectivity index is 2.47. The number of aromatic nitrogens is 1. The van der Waals surface area contributed by atoms with Gasteiger partial charge in [0.2, 0.25) is 0 Å². The molecule has 0 saturated carbocycles. The summed E-state index contributed by atoms with van der Waals surface area (Å²) in [5.41, 5.74) is 5.30. The minimum absolute atomic E-state index is 0.170. The smallest absolute Gasteiger partial charge is 0.271 e. The van der Waals surface area contributed by atoms with Crippen LogP contribution in [0.1, 0.15) is 31.1 Å². The average molecular weight is 287 g/mol. The summed E-state index contributed by atoms with van der Waals surface area (Å²) in [6, 6.07) is 3.12. The number of carbonyl (C=O) groups is 1. The summed E-state index contributed by atoms with van der Waals surface area (Å²) >= 11 is 10.6. The van der Waals surface area contributed by atoms with Crippen LogP contribution in [-0.2, 0) is 0 Å². The van der Waals surface area contributed by atoms with E-state index in [0.29, 0.717) is 15.8 Å². The standard InChI is InChI=1S/C11H15ClN4OS/c1-11(2,3)14-10(18)16-15-9(17)7-4-5-8(12)13-6-7/h4-6H,1-3H3,(H,15,17)(H2,14,16,18). The Kier molecular flexibility index (Phi) is 4.86. The predicted molar refractivity (Wildman–Crippen MR) is 75.3 cm³/mol. The molecule has 18 heavy (non-hydrogen) atoms. The Hall–Kier alpha value is -1.40. The highest BCUT2D eigenvalue weighted by Gasteiger charge is 2.11. The Morgan fingerprint density at radius 3 is 2.50 bits per heavy atom. The van der Waals surface area contributed by atoms with Crippen molar-refractivity contribution in [2.24, 2.45) is 0 Å². The highest BCUT2D eigenvalue weighted by Crippen LogP contribution is 2.04. The van der Waals surface area contributed by atoms with Gasteiger partial charge >= 0.3 is 0 Å². The van der Waals surface area contributed by atoms with Gasteiger partial charge in [-0.05, 0) is 45.1 Å². The van der Waals surface area contributed by atoms with E-state index in [1.54, 1.807) is 12.1 Å². The zero-order chi connectivity index (χ0) is 13.8. The van der Waals surface area contributed by atoms with Gasteiger partial charge in [-0.3, -0.25) is 15.6 Å². The number of nitrogens with one attached hydrogen (secondary N) is 3. The number of amides is 1. The molecular weight excluding hydrogens is 272 g/mol. The number of carbonyl (C=O) groups excluding carboxylic acids is 1. The van der Waals surface area contributed by atoms with Crippen LogP contribution in [0.15, 0.2) is 18.3 Å². The quantitative estimate of drug-likeness (QED) is 0.416. The van der Waals surface area contributed by atoms with Crippen molar-refractivity contribution >= 4 is 34.8 Å². The van der Waals surface area contributed by atoms with Crippen molar-refractivity contribution in [1.82, 2.24) is 21.2 Å². The molecule has 1 heterocycles. The minimum atomic E-state index is -0.336. The second-order valence-electron chi connectivity index (χ2n) is 4.65. The van der Waals surface area contributed by atoms with Crippen molar-refractivity contribution in [3.8, 4) is 0 Å². The fourth-order valence-corrected chi connectivity index (χ4v) is 1.54. The van der Waals surface area contributed by atoms with Crippen LogP contribution in [-0.4, -0.2) is 21.5 Å². The minimum Gasteiger partial charge on any atom is -0.357 e. The molecule has 3 N–H and O–H groups in total. The summed E-state index contributed by atoms with van der Waals surface area (Å²) in [6.45, 7) is 5.89. The van der Waals surface area contributed by atoms with Crippen molar-refractivity contribution < 1.29 is 4.79 Å². The van der Waals surface area contributed by atoms with E-state index in [1.165, 1.54) is 6.20 Å². The van der Waals surface area contributed by atoms with Crippen molar-refractivity contribution in [2.75, 3.05) is 0 Å². The lowest BCUT2D eigenvalue weighted by Crippen LogP contribution is -2.52. The Morgan fingerprint density at radius 1 is 1.33 bits per heavy atom. The normalized spacial score (nSPS) is 10.7. The number of rotatable bonds is 1. The molecule has 0 spiro atoms. The summed E-state index contributed by atoms with van der Waals surface area (Å²) in [6.07, 6.45) is 1.39. The lowest BCUT2D eigenvalue weighted by atomic mass is 10.1. The van der Waals surface area contributed by atoms with Crippen LogP contribution < -0.4 is 16.2 Å². The monoisotopic (exact) mass is 286 g/mol. The maximum absolute atomic E-state index is 11.7. The maximum atomic E-state index is 11.7. The van der Waals surface area contributed by atoms with Gasteiger partial charge < -0.3 is 5.32 Å². The summed E-state index contributed by atoms with van der Waals surface area (Å²) in [4.78, 5) is 15.5. The van der Waals surface area contributed by atoms with E-state index in [1.807, 2.05) is 20.8 Å². The molecular formula is C11H15ClN4OS. The lowest BCUT2D eigenvalue weighted by Gasteiger charge is -2.23. The predicted octanol–water partition coefficient (Wildman–Crippen LogP) is 1.64. The topological polar surface area (TPSA) is 66.0 Å². The second-order valence-corrected chi connectivity index (χ2v) is 5.45. The van der Waals surface area contributed by atoms with Crippen LogP contribution in [0, 0.1) is 0 Å². The molecule has 0 radical (unpaired) electrons. The van der Waals surface area contributed by atoms with Gasteiger partial charge in [0.25, 0.3) is 5.91 Å². The van der Waals surface area contributed by atoms with E-state index in [9.17, 15) is 4.79 Å². The fourth-order valence-electron chi connectivity index (χ4n) is 1.07. The van der Waals surface area contributed by atoms with E-state index in [0.717, 1.165) is 0 Å². The molecule has 0 aromatic carbocycles. The van der Waals surface area contributed by atoms with Gasteiger partial charge in [-0.25, -0.2) is 4.98 Å². The molecule has 0 aliphatic carbocycles. The summed E-state index contributed by atoms with van der Waals surface area (Å²) < 4.78 is 0. The molecule has 0 fully saturated rings. The first kappa shape index (κ1) is 14.7. The van der Waals surface area contributed by atoms with Gasteiger partial charge in [-0.1, -0.05) is 11.6 Å². The van der Waals surface area contributed by atoms with Crippen LogP contribution in [0.4, 0.5) is 0 Å². The molecule has 1 amide bonds. The Labute approximate surface area is 116 Å². The van der Waals surface area contributed by atoms with Crippen LogP contribution in [0.2, 0.25) is 5.15 Å². The third-order valence-corrected chi connectivity index (χ3v) is 2.20. The van der Waals surface area contributed by atoms with Crippen molar-refractivity contribution in [3.63, 3.8) is 0 Å². The van der Waals surface area contributed by atoms with Crippen LogP contribution in [0.5, 0.6) is 0 Å². The molecule has 1 aromatic heterocycles. The highest BCUT2D eigenvalue weighted by molar-refractivity contribution is 7.80. The third kappa shape index (κ3) is 5.29. The first-order chi connectivity index (χ1) is 8.28. The highest BCUT2D eigenvalue weighted by atomic mass is 35.5. The van der Waals surface area contributed by atoms with E-state index < -0.39 is 0 Å². The van der Waals surface area contributed by atoms with Gasteiger partial charge in [-0.2, -0.15) is 0 Å². The van der Waals surface area contributed by atoms with Crippen LogP contribution in [0.25, 0.3) is 0 Å². The van der Waals surface area contributed by atoms with Gasteiger partial charge in [0.15, 0.2) is 5.11 Å². The lowest BCUT2D eigenvalue weighted by molar-refractivity contribution is 0.0943. The Morgan fingerprint density at radius 2 is 2.00 bits per heavy atom. The number of halogens is 1. The maximum Gasteiger partial charge on any atom is 0.271 e. The number of hydrogen-bond acceptors (Lipinski definition) is 3. The Bertz CT molecular complexity index is 441. The number of hydrazine groups is 1. The molecule has 98 valence electrons. The largest absolute Gasteiger partial charge is 0.357 e. The number of nitrogens with zero attached hydrogens (tertiary/aromatic N) is 1. The number of hydrogen-bond donors (Lipinski definition) is 3. The molecule has 7 heteroatoms. The molecule has 0 bridgehead atoms. The zero-order valence-electron chi connectivity index (χ0n) is 10.4. The first-order valence-electron chi connectivity index (χ1n) is 5.28. The van der Waals surface area contributed by atoms with Crippen LogP contribution >= 0.6 is 23.8 Å². The molecule has 0 aliphatic rings. The molecule has 0 saturated heterocycles. The molecule has 0 unspecified atom stereocenters. The average Bonchev–Trinajstić information content (AvgIpc) is 2.24. The third-order valence-electron chi connectivity index (χ3n) is 1.77. The second kappa shape index (κ2) is 5.97. The van der Waals surface area contributed by atoms with Crippen molar-refractivity contribution in [2.45, 2.75) is 26.3 Å². The van der Waals surface area contributed by atoms with Crippen LogP contribution in [0.3, 0.4) is 0 Å². The molecule has 1 rings (SSSR count). The molecule has 5 nitrogen and oxygen atoms in total. The molecule has 1 aromatic rings. The van der Waals surface area contributed by atoms with Gasteiger partial charge in [0.05, 0.1) is 5.56 Å². The van der Waals surface area contributed by atoms with E-state index in [-0.39, 0.29) is 11.4 Å². The fraction of sp³-hybridized carbons (Fsp3) is 0.364. The zero-order valence-corrected chi connectivity index (χ0v) is 11.9. The van der Waals surface area contributed by atoms with Gasteiger partial charge in [0, 0.05) is 11.7 Å². The van der Waals surface area contributed by atoms with E-state index in [2.05, 4.69) is 21.2 Å². The first-order valence-corrected chi connectivity index (χ1v) is 6.06. The van der Waals surface area contributed by atoms with Crippen molar-refractivity contribution in [1.29, 1.82) is 0 Å². The van der Waals surface area contributed by atoms with E-state index >= 15 is 0 Å². The summed E-state index contributed by atoms with van der Waals surface area (Å²) in [5.74, 6) is -0.336. The van der Waals surface area contributed by atoms with E-state index in [4.69, 9.17) is 23.8 Å². The summed E-state index contributed by atoms with van der Waals surface area (Å²) in [5, 5.41) is 3.69.